The van der Waals surface area contributed by atoms with E-state index in [9.17, 15) is 0 Å². The van der Waals surface area contributed by atoms with Gasteiger partial charge < -0.3 is 0 Å². The molecule has 15 heteroatoms. The molecule has 242 valence electrons. The van der Waals surface area contributed by atoms with Gasteiger partial charge in [0.25, 0.3) is 0 Å². The third-order valence-corrected chi connectivity index (χ3v) is 35.8. The lowest BCUT2D eigenvalue weighted by atomic mass is 10.7. The highest BCUT2D eigenvalue weighted by molar-refractivity contribution is 7.81. The fraction of sp³-hybridized carbons (Fsp3) is 0.857. The van der Waals surface area contributed by atoms with E-state index in [1.165, 1.54) is 109 Å². The zero-order valence-corrected chi connectivity index (χ0v) is 40.4. The average molecular weight is 842 g/mol. The molecule has 0 unspecified atom stereocenters. The molecule has 0 aliphatic rings. The smallest absolute Gasteiger partial charge is 0.0986 e. The normalized spacial score (nSPS) is 12.4. The summed E-state index contributed by atoms with van der Waals surface area (Å²) < 4.78 is 3.80. The molecular weight excluding hydrogens is 785 g/mol. The van der Waals surface area contributed by atoms with Gasteiger partial charge in [0, 0.05) is 57.1 Å². The van der Waals surface area contributed by atoms with Crippen molar-refractivity contribution in [1.29, 1.82) is 0 Å². The van der Waals surface area contributed by atoms with Gasteiger partial charge in [0.1, 0.15) is 0 Å². The van der Waals surface area contributed by atoms with Crippen LogP contribution in [0.15, 0.2) is 12.1 Å². The van der Waals surface area contributed by atoms with Gasteiger partial charge in [-0.3, -0.25) is 0 Å². The van der Waals surface area contributed by atoms with E-state index in [4.69, 9.17) is 0 Å². The molecule has 0 atom stereocenters. The number of thiol groups is 6. The van der Waals surface area contributed by atoms with Crippen LogP contribution in [-0.2, 0) is 0 Å². The van der Waals surface area contributed by atoms with Gasteiger partial charge in [0.15, 0.2) is 0 Å². The molecule has 1 aromatic rings. The van der Waals surface area contributed by atoms with Crippen LogP contribution >= 0.6 is 87.1 Å². The van der Waals surface area contributed by atoms with Gasteiger partial charge in [-0.25, -0.2) is 0 Å². The van der Waals surface area contributed by atoms with E-state index in [1.54, 1.807) is 0 Å². The molecule has 0 nitrogen and oxygen atoms in total. The summed E-state index contributed by atoms with van der Waals surface area (Å²) in [6.07, 6.45) is 0. The van der Waals surface area contributed by atoms with Crippen LogP contribution in [0, 0.1) is 0 Å². The van der Waals surface area contributed by atoms with Crippen LogP contribution in [0.1, 0.15) is 0 Å². The average Bonchev–Trinajstić information content (AvgIpc) is 3.53. The number of hydrogen-bond donors (Lipinski definition) is 6. The van der Waals surface area contributed by atoms with E-state index in [0.717, 1.165) is 91.6 Å². The summed E-state index contributed by atoms with van der Waals surface area (Å²) in [6, 6.07) is 31.0. The molecule has 43 heavy (non-hydrogen) atoms. The van der Waals surface area contributed by atoms with E-state index in [0.29, 0.717) is 0 Å². The van der Waals surface area contributed by atoms with E-state index < -0.39 is 16.1 Å². The van der Waals surface area contributed by atoms with Gasteiger partial charge >= 0.3 is 0 Å². The molecule has 1 aromatic heterocycles. The van der Waals surface area contributed by atoms with Gasteiger partial charge in [0.05, 0.1) is 16.1 Å². The number of hydrogen-bond acceptors (Lipinski definition) is 7. The van der Waals surface area contributed by atoms with Crippen LogP contribution in [-0.4, -0.2) is 108 Å². The maximum atomic E-state index is 4.56. The quantitative estimate of drug-likeness (QED) is 0.0238. The third kappa shape index (κ3) is 19.5. The van der Waals surface area contributed by atoms with Crippen molar-refractivity contribution in [2.45, 2.75) is 109 Å². The fourth-order valence-electron chi connectivity index (χ4n) is 5.59. The molecule has 0 aliphatic carbocycles. The summed E-state index contributed by atoms with van der Waals surface area (Å²) in [5, 5.41) is 0. The van der Waals surface area contributed by atoms with Crippen molar-refractivity contribution >= 4 is 169 Å². The van der Waals surface area contributed by atoms with Gasteiger partial charge in [-0.05, 0) is 43.5 Å². The molecule has 0 fully saturated rings. The highest BCUT2D eigenvalue weighted by atomic mass is 32.1. The second-order valence-corrected chi connectivity index (χ2v) is 33.8. The maximum Gasteiger partial charge on any atom is 0.0986 e. The molecule has 0 saturated carbocycles. The molecule has 0 saturated heterocycles. The standard InChI is InChI=1S/C28H56S7Si8/c29-3-9-36-15-21-42(22-16-37-10-4-30,23-17-38-11-5-31)27-1-2-28(35-27)43(24-18-39-12-6-32,25-19-40-13-7-33)26-20-41-14-8-34/h1-2,29-34H,3-26H2. The van der Waals surface area contributed by atoms with E-state index >= 15 is 0 Å². The minimum absolute atomic E-state index is 1.05. The van der Waals surface area contributed by atoms with Crippen molar-refractivity contribution in [1.82, 2.24) is 0 Å². The van der Waals surface area contributed by atoms with Crippen LogP contribution in [0.3, 0.4) is 0 Å². The zero-order valence-electron chi connectivity index (χ0n) is 26.2. The summed E-state index contributed by atoms with van der Waals surface area (Å²) in [7, 11) is 3.45. The van der Waals surface area contributed by atoms with Crippen molar-refractivity contribution in [2.24, 2.45) is 0 Å². The predicted octanol–water partition coefficient (Wildman–Crippen LogP) is 7.88. The topological polar surface area (TPSA) is 0 Å². The lowest BCUT2D eigenvalue weighted by Crippen LogP contribution is -2.49. The Morgan fingerprint density at radius 3 is 0.767 bits per heavy atom. The molecular formula is C28H56S7Si8. The summed E-state index contributed by atoms with van der Waals surface area (Å²) >= 11 is 29.7. The van der Waals surface area contributed by atoms with Crippen LogP contribution in [0.4, 0.5) is 0 Å². The van der Waals surface area contributed by atoms with Crippen molar-refractivity contribution in [3.63, 3.8) is 0 Å². The minimum atomic E-state index is -1.55. The Kier molecular flexibility index (Phi) is 31.5. The summed E-state index contributed by atoms with van der Waals surface area (Å²) in [4.78, 5) is 0. The van der Waals surface area contributed by atoms with Crippen molar-refractivity contribution in [2.75, 3.05) is 34.5 Å². The molecule has 0 aromatic carbocycles. The van der Waals surface area contributed by atoms with E-state index in [-0.39, 0.29) is 0 Å². The molecule has 12 radical (unpaired) electrons. The van der Waals surface area contributed by atoms with Crippen LogP contribution < -0.4 is 9.00 Å². The van der Waals surface area contributed by atoms with Crippen LogP contribution in [0.2, 0.25) is 109 Å². The first-order valence-corrected chi connectivity index (χ1v) is 34.4. The van der Waals surface area contributed by atoms with Gasteiger partial charge in [-0.15, -0.1) is 0 Å². The molecule has 1 rings (SSSR count). The predicted molar refractivity (Wildman–Crippen MR) is 239 cm³/mol. The third-order valence-electron chi connectivity index (χ3n) is 8.06. The fourth-order valence-corrected chi connectivity index (χ4v) is 35.5. The number of thiophene rings is 1. The number of rotatable bonds is 32. The maximum absolute atomic E-state index is 4.56. The molecule has 0 aliphatic heterocycles. The Labute approximate surface area is 321 Å². The Hall–Kier alpha value is 3.54. The van der Waals surface area contributed by atoms with Crippen molar-refractivity contribution in [3.05, 3.63) is 12.1 Å². The van der Waals surface area contributed by atoms with Crippen LogP contribution in [0.25, 0.3) is 0 Å². The lowest BCUT2D eigenvalue weighted by molar-refractivity contribution is 1.16. The second-order valence-electron chi connectivity index (χ2n) is 11.1. The first kappa shape index (κ1) is 44.6. The highest BCUT2D eigenvalue weighted by Crippen LogP contribution is 2.33. The Morgan fingerprint density at radius 1 is 0.372 bits per heavy atom. The van der Waals surface area contributed by atoms with Gasteiger partial charge in [-0.1, -0.05) is 121 Å². The molecule has 0 bridgehead atoms. The van der Waals surface area contributed by atoms with Crippen LogP contribution in [0.5, 0.6) is 0 Å². The monoisotopic (exact) mass is 840 g/mol. The SMILES string of the molecule is SCC[Si]CC[Si](CC[Si]CCS)(CC[Si]CCS)c1ccc([Si](CC[Si]CCS)(CC[Si]CCS)CC[Si]CCS)s1. The summed E-state index contributed by atoms with van der Waals surface area (Å²) in [6.45, 7) is 0. The summed E-state index contributed by atoms with van der Waals surface area (Å²) in [5.74, 6) is 6.29. The summed E-state index contributed by atoms with van der Waals surface area (Å²) in [5.41, 5.74) is 0. The molecule has 0 spiro atoms. The largest absolute Gasteiger partial charge is 0.180 e. The zero-order chi connectivity index (χ0) is 31.5. The lowest BCUT2D eigenvalue weighted by Gasteiger charge is -2.33. The Morgan fingerprint density at radius 2 is 0.581 bits per heavy atom. The Balaban J connectivity index is 3.46. The van der Waals surface area contributed by atoms with Gasteiger partial charge in [-0.2, -0.15) is 87.1 Å². The van der Waals surface area contributed by atoms with E-state index in [1.807, 2.05) is 9.00 Å². The first-order chi connectivity index (χ1) is 21.1. The van der Waals surface area contributed by atoms with E-state index in [2.05, 4.69) is 99.2 Å². The van der Waals surface area contributed by atoms with Crippen molar-refractivity contribution in [3.8, 4) is 0 Å². The second kappa shape index (κ2) is 30.4. The minimum Gasteiger partial charge on any atom is -0.180 e. The molecule has 0 N–H and O–H groups in total. The van der Waals surface area contributed by atoms with Gasteiger partial charge in [0.2, 0.25) is 0 Å². The molecule has 0 amide bonds. The highest BCUT2D eigenvalue weighted by Gasteiger charge is 2.39. The Bertz CT molecular complexity index is 641. The van der Waals surface area contributed by atoms with Crippen molar-refractivity contribution < 1.29 is 0 Å². The molecule has 1 heterocycles. The first-order valence-electron chi connectivity index (χ1n) is 16.1.